The molecular weight excluding hydrogens is 460 g/mol. The number of nitrogens with one attached hydrogen (secondary N) is 2. The minimum Gasteiger partial charge on any atom is -0.462 e. The van der Waals surface area contributed by atoms with Crippen molar-refractivity contribution in [2.45, 2.75) is 38.6 Å². The second kappa shape index (κ2) is 8.90. The third-order valence-electron chi connectivity index (χ3n) is 6.08. The zero-order chi connectivity index (χ0) is 24.6. The zero-order valence-electron chi connectivity index (χ0n) is 18.7. The molecule has 34 heavy (non-hydrogen) atoms. The van der Waals surface area contributed by atoms with Crippen LogP contribution in [-0.2, 0) is 27.2 Å². The number of imide groups is 1. The number of rotatable bonds is 6. The number of thiophene rings is 1. The SMILES string of the molecule is CCOC(=O)c1c(NC(=O)CN2C(=O)N[C@]3(CCc4ccccc4C3)C2=O)sc(C(N)=O)c1C. The third-order valence-corrected chi connectivity index (χ3v) is 7.30. The van der Waals surface area contributed by atoms with Crippen LogP contribution >= 0.6 is 11.3 Å². The summed E-state index contributed by atoms with van der Waals surface area (Å²) in [5.41, 5.74) is 6.74. The Morgan fingerprint density at radius 3 is 2.62 bits per heavy atom. The molecule has 10 nitrogen and oxygen atoms in total. The van der Waals surface area contributed by atoms with Gasteiger partial charge in [0.2, 0.25) is 5.91 Å². The Hall–Kier alpha value is -3.73. The monoisotopic (exact) mass is 484 g/mol. The highest BCUT2D eigenvalue weighted by molar-refractivity contribution is 7.18. The highest BCUT2D eigenvalue weighted by Gasteiger charge is 2.52. The number of carbonyl (C=O) groups is 5. The molecule has 1 spiro atoms. The van der Waals surface area contributed by atoms with E-state index in [9.17, 15) is 24.0 Å². The van der Waals surface area contributed by atoms with Gasteiger partial charge >= 0.3 is 12.0 Å². The zero-order valence-corrected chi connectivity index (χ0v) is 19.5. The van der Waals surface area contributed by atoms with E-state index in [0.717, 1.165) is 27.4 Å². The van der Waals surface area contributed by atoms with Crippen LogP contribution in [0.3, 0.4) is 0 Å². The highest BCUT2D eigenvalue weighted by atomic mass is 32.1. The molecule has 0 bridgehead atoms. The lowest BCUT2D eigenvalue weighted by atomic mass is 9.78. The van der Waals surface area contributed by atoms with Crippen LogP contribution < -0.4 is 16.4 Å². The van der Waals surface area contributed by atoms with Crippen molar-refractivity contribution in [3.8, 4) is 0 Å². The van der Waals surface area contributed by atoms with Crippen molar-refractivity contribution in [2.75, 3.05) is 18.5 Å². The molecule has 0 saturated carbocycles. The van der Waals surface area contributed by atoms with Crippen LogP contribution in [0.25, 0.3) is 0 Å². The maximum Gasteiger partial charge on any atom is 0.341 e. The topological polar surface area (TPSA) is 148 Å². The third kappa shape index (κ3) is 4.03. The fraction of sp³-hybridized carbons (Fsp3) is 0.348. The standard InChI is InChI=1S/C23H24N4O6S/c1-3-33-20(30)16-12(2)17(18(24)29)34-19(16)25-15(28)11-27-21(31)23(26-22(27)32)9-8-13-6-4-5-7-14(13)10-23/h4-7H,3,8-11H2,1-2H3,(H2,24,29)(H,25,28)(H,26,32)/t23-/m0/s1. The maximum absolute atomic E-state index is 13.2. The highest BCUT2D eigenvalue weighted by Crippen LogP contribution is 2.35. The summed E-state index contributed by atoms with van der Waals surface area (Å²) in [6.45, 7) is 2.71. The minimum absolute atomic E-state index is 0.0200. The lowest BCUT2D eigenvalue weighted by molar-refractivity contribution is -0.134. The molecule has 1 fully saturated rings. The Labute approximate surface area is 199 Å². The van der Waals surface area contributed by atoms with Gasteiger partial charge < -0.3 is 21.1 Å². The second-order valence-electron chi connectivity index (χ2n) is 8.24. The molecule has 1 aromatic heterocycles. The maximum atomic E-state index is 13.2. The van der Waals surface area contributed by atoms with Gasteiger partial charge in [-0.25, -0.2) is 9.59 Å². The van der Waals surface area contributed by atoms with E-state index >= 15 is 0 Å². The molecule has 1 atom stereocenters. The van der Waals surface area contributed by atoms with Gasteiger partial charge in [0.15, 0.2) is 0 Å². The number of carbonyl (C=O) groups excluding carboxylic acids is 5. The van der Waals surface area contributed by atoms with E-state index in [4.69, 9.17) is 10.5 Å². The molecule has 1 saturated heterocycles. The molecule has 0 unspecified atom stereocenters. The van der Waals surface area contributed by atoms with E-state index in [-0.39, 0.29) is 22.0 Å². The predicted molar refractivity (Wildman–Crippen MR) is 124 cm³/mol. The quantitative estimate of drug-likeness (QED) is 0.420. The van der Waals surface area contributed by atoms with Crippen LogP contribution in [0.5, 0.6) is 0 Å². The second-order valence-corrected chi connectivity index (χ2v) is 9.26. The number of esters is 1. The van der Waals surface area contributed by atoms with Gasteiger partial charge in [0.1, 0.15) is 17.1 Å². The largest absolute Gasteiger partial charge is 0.462 e. The van der Waals surface area contributed by atoms with Gasteiger partial charge in [-0.05, 0) is 43.4 Å². The van der Waals surface area contributed by atoms with Crippen molar-refractivity contribution in [3.63, 3.8) is 0 Å². The summed E-state index contributed by atoms with van der Waals surface area (Å²) in [7, 11) is 0. The van der Waals surface area contributed by atoms with E-state index in [1.54, 1.807) is 6.92 Å². The number of urea groups is 1. The number of hydrogen-bond donors (Lipinski definition) is 3. The Bertz CT molecular complexity index is 1220. The molecule has 1 aliphatic carbocycles. The lowest BCUT2D eigenvalue weighted by Crippen LogP contribution is -2.51. The van der Waals surface area contributed by atoms with Gasteiger partial charge in [-0.1, -0.05) is 24.3 Å². The first-order valence-corrected chi connectivity index (χ1v) is 11.6. The fourth-order valence-electron chi connectivity index (χ4n) is 4.44. The van der Waals surface area contributed by atoms with Crippen molar-refractivity contribution in [1.29, 1.82) is 0 Å². The molecule has 0 radical (unpaired) electrons. The van der Waals surface area contributed by atoms with Crippen molar-refractivity contribution < 1.29 is 28.7 Å². The molecule has 1 aromatic carbocycles. The number of fused-ring (bicyclic) bond motifs is 1. The molecule has 4 N–H and O–H groups in total. The van der Waals surface area contributed by atoms with Crippen LogP contribution in [0, 0.1) is 6.92 Å². The normalized spacial score (nSPS) is 19.1. The number of nitrogens with zero attached hydrogens (tertiary/aromatic N) is 1. The Morgan fingerprint density at radius 2 is 1.94 bits per heavy atom. The first kappa shape index (κ1) is 23.4. The number of nitrogens with two attached hydrogens (primary N) is 1. The minimum atomic E-state index is -1.08. The van der Waals surface area contributed by atoms with E-state index in [1.807, 2.05) is 24.3 Å². The van der Waals surface area contributed by atoms with Gasteiger partial charge in [0.25, 0.3) is 11.8 Å². The van der Waals surface area contributed by atoms with Crippen molar-refractivity contribution in [2.24, 2.45) is 5.73 Å². The number of amides is 5. The summed E-state index contributed by atoms with van der Waals surface area (Å²) < 4.78 is 5.03. The van der Waals surface area contributed by atoms with Crippen LogP contribution in [0.2, 0.25) is 0 Å². The van der Waals surface area contributed by atoms with Crippen LogP contribution in [0.4, 0.5) is 9.80 Å². The average molecular weight is 485 g/mol. The smallest absolute Gasteiger partial charge is 0.341 e. The summed E-state index contributed by atoms with van der Waals surface area (Å²) in [5, 5.41) is 5.39. The van der Waals surface area contributed by atoms with Gasteiger partial charge in [0, 0.05) is 6.42 Å². The summed E-state index contributed by atoms with van der Waals surface area (Å²) >= 11 is 0.839. The Morgan fingerprint density at radius 1 is 1.24 bits per heavy atom. The van der Waals surface area contributed by atoms with Gasteiger partial charge in [-0.3, -0.25) is 19.3 Å². The lowest BCUT2D eigenvalue weighted by Gasteiger charge is -2.32. The average Bonchev–Trinajstić information content (AvgIpc) is 3.22. The van der Waals surface area contributed by atoms with Crippen molar-refractivity contribution >= 4 is 46.1 Å². The molecular formula is C23H24N4O6S. The first-order valence-electron chi connectivity index (χ1n) is 10.8. The summed E-state index contributed by atoms with van der Waals surface area (Å²) in [4.78, 5) is 63.8. The number of aryl methyl sites for hydroxylation is 1. The molecule has 2 aliphatic rings. The van der Waals surface area contributed by atoms with Crippen LogP contribution in [0.15, 0.2) is 24.3 Å². The molecule has 5 amide bonds. The van der Waals surface area contributed by atoms with Gasteiger partial charge in [-0.2, -0.15) is 0 Å². The molecule has 4 rings (SSSR count). The number of primary amides is 1. The van der Waals surface area contributed by atoms with Crippen molar-refractivity contribution in [3.05, 3.63) is 51.4 Å². The number of ether oxygens (including phenoxy) is 1. The van der Waals surface area contributed by atoms with E-state index in [1.165, 1.54) is 6.92 Å². The van der Waals surface area contributed by atoms with Crippen molar-refractivity contribution in [1.82, 2.24) is 10.2 Å². The summed E-state index contributed by atoms with van der Waals surface area (Å²) in [5.74, 6) is -2.62. The first-order chi connectivity index (χ1) is 16.2. The Balaban J connectivity index is 1.52. The molecule has 2 aromatic rings. The van der Waals surface area contributed by atoms with Crippen LogP contribution in [0.1, 0.15) is 50.1 Å². The molecule has 178 valence electrons. The van der Waals surface area contributed by atoms with Crippen LogP contribution in [-0.4, -0.2) is 53.3 Å². The van der Waals surface area contributed by atoms with E-state index in [2.05, 4.69) is 10.6 Å². The molecule has 2 heterocycles. The van der Waals surface area contributed by atoms with Gasteiger partial charge in [0.05, 0.1) is 17.0 Å². The number of benzene rings is 1. The molecule has 11 heteroatoms. The van der Waals surface area contributed by atoms with E-state index in [0.29, 0.717) is 24.8 Å². The number of anilines is 1. The molecule has 1 aliphatic heterocycles. The van der Waals surface area contributed by atoms with Gasteiger partial charge in [-0.15, -0.1) is 11.3 Å². The summed E-state index contributed by atoms with van der Waals surface area (Å²) in [6, 6.07) is 7.10. The fourth-order valence-corrected chi connectivity index (χ4v) is 5.50. The predicted octanol–water partition coefficient (Wildman–Crippen LogP) is 1.75. The Kier molecular flexibility index (Phi) is 6.13. The number of hydrogen-bond acceptors (Lipinski definition) is 7. The summed E-state index contributed by atoms with van der Waals surface area (Å²) in [6.07, 6.45) is 1.42. The van der Waals surface area contributed by atoms with E-state index < -0.39 is 41.8 Å².